The first kappa shape index (κ1) is 36.9. The van der Waals surface area contributed by atoms with Crippen LogP contribution in [0.5, 0.6) is 0 Å². The van der Waals surface area contributed by atoms with Crippen LogP contribution in [-0.2, 0) is 5.41 Å². The zero-order valence-electron chi connectivity index (χ0n) is 35.2. The van der Waals surface area contributed by atoms with Crippen molar-refractivity contribution in [3.05, 3.63) is 230 Å². The van der Waals surface area contributed by atoms with Crippen molar-refractivity contribution in [2.24, 2.45) is 0 Å². The Morgan fingerprint density at radius 1 is 0.302 bits per heavy atom. The molecular formula is C61H42N2. The van der Waals surface area contributed by atoms with Crippen LogP contribution in [-0.4, -0.2) is 9.97 Å². The Bertz CT molecular complexity index is 3510. The molecule has 0 saturated carbocycles. The van der Waals surface area contributed by atoms with Crippen LogP contribution in [0.1, 0.15) is 25.0 Å². The molecule has 1 aromatic heterocycles. The lowest BCUT2D eigenvalue weighted by Crippen LogP contribution is -2.14. The smallest absolute Gasteiger partial charge is 0.160 e. The van der Waals surface area contributed by atoms with Gasteiger partial charge in [0.25, 0.3) is 0 Å². The van der Waals surface area contributed by atoms with Crippen molar-refractivity contribution in [2.75, 3.05) is 0 Å². The second-order valence-electron chi connectivity index (χ2n) is 17.3. The maximum absolute atomic E-state index is 5.42. The second-order valence-corrected chi connectivity index (χ2v) is 17.3. The SMILES string of the molecule is CC1(C)c2cc3ccccc3cc2-c2c(-c3ccccc3-c3c4ccccc4c(-c4cc(-c5ccc(-c6ccccc6)cc5)nc(-c5ccccc5)n4)c4ccccc34)cccc21. The first-order chi connectivity index (χ1) is 31.0. The fraction of sp³-hybridized carbons (Fsp3) is 0.0492. The third-order valence-corrected chi connectivity index (χ3v) is 13.3. The van der Waals surface area contributed by atoms with E-state index in [1.54, 1.807) is 0 Å². The molecule has 0 bridgehead atoms. The average molecular weight is 803 g/mol. The van der Waals surface area contributed by atoms with Crippen LogP contribution in [0, 0.1) is 0 Å². The van der Waals surface area contributed by atoms with Crippen LogP contribution in [0.2, 0.25) is 0 Å². The summed E-state index contributed by atoms with van der Waals surface area (Å²) in [6.07, 6.45) is 0. The summed E-state index contributed by atoms with van der Waals surface area (Å²) in [4.78, 5) is 10.6. The summed E-state index contributed by atoms with van der Waals surface area (Å²) in [5, 5.41) is 7.23. The molecule has 0 fully saturated rings. The molecule has 2 nitrogen and oxygen atoms in total. The highest BCUT2D eigenvalue weighted by Crippen LogP contribution is 2.55. The van der Waals surface area contributed by atoms with E-state index in [2.05, 4.69) is 226 Å². The van der Waals surface area contributed by atoms with Crippen LogP contribution < -0.4 is 0 Å². The quantitative estimate of drug-likeness (QED) is 0.157. The van der Waals surface area contributed by atoms with Gasteiger partial charge in [-0.15, -0.1) is 0 Å². The minimum Gasteiger partial charge on any atom is -0.228 e. The van der Waals surface area contributed by atoms with Crippen LogP contribution >= 0.6 is 0 Å². The molecule has 0 atom stereocenters. The fourth-order valence-electron chi connectivity index (χ4n) is 10.2. The predicted octanol–water partition coefficient (Wildman–Crippen LogP) is 16.2. The number of aromatic nitrogens is 2. The number of fused-ring (bicyclic) bond motifs is 6. The molecule has 1 heterocycles. The molecule has 0 unspecified atom stereocenters. The van der Waals surface area contributed by atoms with Gasteiger partial charge in [-0.25, -0.2) is 9.97 Å². The van der Waals surface area contributed by atoms with Crippen LogP contribution in [0.3, 0.4) is 0 Å². The molecule has 2 heteroatoms. The molecule has 10 aromatic carbocycles. The molecular weight excluding hydrogens is 761 g/mol. The maximum atomic E-state index is 5.42. The summed E-state index contributed by atoms with van der Waals surface area (Å²) in [5.41, 5.74) is 17.5. The van der Waals surface area contributed by atoms with Gasteiger partial charge in [0.1, 0.15) is 0 Å². The lowest BCUT2D eigenvalue weighted by atomic mass is 9.80. The molecule has 11 aromatic rings. The second kappa shape index (κ2) is 14.6. The number of hydrogen-bond acceptors (Lipinski definition) is 2. The third-order valence-electron chi connectivity index (χ3n) is 13.3. The van der Waals surface area contributed by atoms with Gasteiger partial charge in [-0.3, -0.25) is 0 Å². The van der Waals surface area contributed by atoms with E-state index >= 15 is 0 Å². The van der Waals surface area contributed by atoms with Gasteiger partial charge in [0, 0.05) is 22.1 Å². The largest absolute Gasteiger partial charge is 0.228 e. The summed E-state index contributed by atoms with van der Waals surface area (Å²) in [7, 11) is 0. The number of hydrogen-bond donors (Lipinski definition) is 0. The minimum atomic E-state index is -0.139. The standard InChI is InChI=1S/C61H42N2/c1-61(2)53-31-17-30-47(58(53)52-36-43-22-9-10-23-44(43)37-54(52)61)45-24-11-12-25-46(45)57-48-26-13-15-28-50(48)59(51-29-16-14-27-49(51)57)56-38-55(62-60(63-56)42-20-7-4-8-21-42)41-34-32-40(33-35-41)39-18-5-3-6-19-39/h3-38H,1-2H3. The Morgan fingerprint density at radius 2 is 0.794 bits per heavy atom. The number of nitrogens with zero attached hydrogens (tertiary/aromatic N) is 2. The molecule has 63 heavy (non-hydrogen) atoms. The van der Waals surface area contributed by atoms with E-state index in [0.717, 1.165) is 38.9 Å². The average Bonchev–Trinajstić information content (AvgIpc) is 3.57. The highest BCUT2D eigenvalue weighted by atomic mass is 14.9. The highest BCUT2D eigenvalue weighted by Gasteiger charge is 2.37. The zero-order valence-corrected chi connectivity index (χ0v) is 35.2. The summed E-state index contributed by atoms with van der Waals surface area (Å²) in [6.45, 7) is 4.76. The van der Waals surface area contributed by atoms with E-state index in [9.17, 15) is 0 Å². The van der Waals surface area contributed by atoms with Crippen LogP contribution in [0.4, 0.5) is 0 Å². The van der Waals surface area contributed by atoms with Crippen LogP contribution in [0.25, 0.3) is 111 Å². The van der Waals surface area contributed by atoms with Gasteiger partial charge in [0.2, 0.25) is 0 Å². The van der Waals surface area contributed by atoms with E-state index in [1.165, 1.54) is 77.2 Å². The lowest BCUT2D eigenvalue weighted by molar-refractivity contribution is 0.661. The van der Waals surface area contributed by atoms with Crippen molar-refractivity contribution in [1.82, 2.24) is 9.97 Å². The first-order valence-corrected chi connectivity index (χ1v) is 21.8. The Morgan fingerprint density at radius 3 is 1.46 bits per heavy atom. The Kier molecular flexibility index (Phi) is 8.55. The van der Waals surface area contributed by atoms with Gasteiger partial charge in [0.05, 0.1) is 11.4 Å². The summed E-state index contributed by atoms with van der Waals surface area (Å²) in [5.74, 6) is 0.701. The fourth-order valence-corrected chi connectivity index (χ4v) is 10.2. The number of benzene rings is 10. The molecule has 0 N–H and O–H groups in total. The van der Waals surface area contributed by atoms with Gasteiger partial charge >= 0.3 is 0 Å². The van der Waals surface area contributed by atoms with Gasteiger partial charge in [-0.05, 0) is 106 Å². The topological polar surface area (TPSA) is 25.8 Å². The van der Waals surface area contributed by atoms with Gasteiger partial charge in [0.15, 0.2) is 5.82 Å². The van der Waals surface area contributed by atoms with E-state index in [4.69, 9.17) is 9.97 Å². The molecule has 1 aliphatic rings. The summed E-state index contributed by atoms with van der Waals surface area (Å²) >= 11 is 0. The molecule has 0 aliphatic heterocycles. The molecule has 12 rings (SSSR count). The Labute approximate surface area is 367 Å². The highest BCUT2D eigenvalue weighted by molar-refractivity contribution is 6.22. The predicted molar refractivity (Wildman–Crippen MR) is 265 cm³/mol. The number of rotatable bonds is 6. The van der Waals surface area contributed by atoms with E-state index < -0.39 is 0 Å². The van der Waals surface area contributed by atoms with Crippen molar-refractivity contribution >= 4 is 32.3 Å². The molecule has 296 valence electrons. The lowest BCUT2D eigenvalue weighted by Gasteiger charge is -2.23. The minimum absolute atomic E-state index is 0.139. The van der Waals surface area contributed by atoms with E-state index in [0.29, 0.717) is 5.82 Å². The molecule has 0 amide bonds. The molecule has 1 aliphatic carbocycles. The molecule has 0 saturated heterocycles. The monoisotopic (exact) mass is 802 g/mol. The zero-order chi connectivity index (χ0) is 42.1. The normalized spacial score (nSPS) is 12.7. The van der Waals surface area contributed by atoms with E-state index in [-0.39, 0.29) is 5.41 Å². The van der Waals surface area contributed by atoms with Crippen molar-refractivity contribution in [3.8, 4) is 78.4 Å². The van der Waals surface area contributed by atoms with Crippen molar-refractivity contribution in [1.29, 1.82) is 0 Å². The maximum Gasteiger partial charge on any atom is 0.160 e. The van der Waals surface area contributed by atoms with Gasteiger partial charge in [-0.1, -0.05) is 214 Å². The Hall–Kier alpha value is -7.94. The Balaban J connectivity index is 1.09. The third kappa shape index (κ3) is 6.02. The van der Waals surface area contributed by atoms with E-state index in [1.807, 2.05) is 6.07 Å². The van der Waals surface area contributed by atoms with Crippen molar-refractivity contribution in [3.63, 3.8) is 0 Å². The van der Waals surface area contributed by atoms with Crippen LogP contribution in [0.15, 0.2) is 218 Å². The van der Waals surface area contributed by atoms with Gasteiger partial charge in [-0.2, -0.15) is 0 Å². The molecule has 0 radical (unpaired) electrons. The van der Waals surface area contributed by atoms with Crippen molar-refractivity contribution < 1.29 is 0 Å². The summed E-state index contributed by atoms with van der Waals surface area (Å²) in [6, 6.07) is 79.1. The summed E-state index contributed by atoms with van der Waals surface area (Å²) < 4.78 is 0. The van der Waals surface area contributed by atoms with Crippen molar-refractivity contribution in [2.45, 2.75) is 19.3 Å². The molecule has 0 spiro atoms. The van der Waals surface area contributed by atoms with Gasteiger partial charge < -0.3 is 0 Å². The first-order valence-electron chi connectivity index (χ1n) is 21.8.